The Bertz CT molecular complexity index is 350. The van der Waals surface area contributed by atoms with Crippen molar-refractivity contribution >= 4 is 17.7 Å². The number of carbonyl (C=O) groups excluding carboxylic acids is 1. The molecule has 0 spiro atoms. The molecule has 3 nitrogen and oxygen atoms in total. The lowest BCUT2D eigenvalue weighted by atomic mass is 9.98. The third-order valence-corrected chi connectivity index (χ3v) is 2.21. The van der Waals surface area contributed by atoms with E-state index in [2.05, 4.69) is 0 Å². The molecule has 0 unspecified atom stereocenters. The molecule has 14 heavy (non-hydrogen) atoms. The highest BCUT2D eigenvalue weighted by atomic mass is 35.5. The summed E-state index contributed by atoms with van der Waals surface area (Å²) in [4.78, 5) is 10.7. The van der Waals surface area contributed by atoms with E-state index in [-0.39, 0.29) is 0 Å². The molecule has 0 fully saturated rings. The van der Waals surface area contributed by atoms with Gasteiger partial charge in [-0.25, -0.2) is 4.79 Å². The predicted molar refractivity (Wildman–Crippen MR) is 55.1 cm³/mol. The molecule has 0 bridgehead atoms. The van der Waals surface area contributed by atoms with Gasteiger partial charge in [0.05, 0.1) is 0 Å². The van der Waals surface area contributed by atoms with E-state index in [4.69, 9.17) is 22.1 Å². The van der Waals surface area contributed by atoms with Gasteiger partial charge in [0.2, 0.25) is 0 Å². The monoisotopic (exact) mass is 213 g/mol. The SMILES string of the molecule is CC(C)(OC(N)=O)c1ccccc1Cl. The number of amides is 1. The minimum atomic E-state index is -0.810. The van der Waals surface area contributed by atoms with Crippen LogP contribution in [0.1, 0.15) is 19.4 Å². The molecule has 0 radical (unpaired) electrons. The van der Waals surface area contributed by atoms with Gasteiger partial charge in [-0.05, 0) is 19.9 Å². The number of nitrogens with two attached hydrogens (primary N) is 1. The molecule has 76 valence electrons. The van der Waals surface area contributed by atoms with E-state index in [1.165, 1.54) is 0 Å². The van der Waals surface area contributed by atoms with Crippen molar-refractivity contribution in [3.63, 3.8) is 0 Å². The standard InChI is InChI=1S/C10H12ClNO2/c1-10(2,14-9(12)13)7-5-3-4-6-8(7)11/h3-6H,1-2H3,(H2,12,13). The summed E-state index contributed by atoms with van der Waals surface area (Å²) in [7, 11) is 0. The number of rotatable bonds is 2. The lowest BCUT2D eigenvalue weighted by Crippen LogP contribution is -2.29. The maximum Gasteiger partial charge on any atom is 0.405 e. The Morgan fingerprint density at radius 3 is 2.50 bits per heavy atom. The van der Waals surface area contributed by atoms with E-state index in [1.807, 2.05) is 12.1 Å². The van der Waals surface area contributed by atoms with Gasteiger partial charge < -0.3 is 10.5 Å². The second kappa shape index (κ2) is 3.88. The average Bonchev–Trinajstić information content (AvgIpc) is 2.02. The topological polar surface area (TPSA) is 52.3 Å². The number of hydrogen-bond acceptors (Lipinski definition) is 2. The van der Waals surface area contributed by atoms with Gasteiger partial charge >= 0.3 is 6.09 Å². The largest absolute Gasteiger partial charge is 0.439 e. The fourth-order valence-electron chi connectivity index (χ4n) is 1.26. The first-order valence-electron chi connectivity index (χ1n) is 4.17. The predicted octanol–water partition coefficient (Wildman–Crippen LogP) is 2.67. The van der Waals surface area contributed by atoms with Crippen LogP contribution in [0.2, 0.25) is 5.02 Å². The van der Waals surface area contributed by atoms with Crippen molar-refractivity contribution in [2.24, 2.45) is 5.73 Å². The Hall–Kier alpha value is -1.22. The molecule has 0 aliphatic heterocycles. The maximum absolute atomic E-state index is 10.7. The molecule has 1 aromatic rings. The zero-order valence-corrected chi connectivity index (χ0v) is 8.84. The minimum Gasteiger partial charge on any atom is -0.439 e. The minimum absolute atomic E-state index is 0.554. The Morgan fingerprint density at radius 2 is 2.00 bits per heavy atom. The summed E-state index contributed by atoms with van der Waals surface area (Å²) in [5.41, 5.74) is 4.90. The van der Waals surface area contributed by atoms with Crippen molar-refractivity contribution in [1.29, 1.82) is 0 Å². The first-order valence-corrected chi connectivity index (χ1v) is 4.55. The van der Waals surface area contributed by atoms with E-state index in [1.54, 1.807) is 26.0 Å². The molecule has 1 rings (SSSR count). The lowest BCUT2D eigenvalue weighted by molar-refractivity contribution is 0.0433. The van der Waals surface area contributed by atoms with Crippen molar-refractivity contribution in [3.8, 4) is 0 Å². The number of primary amides is 1. The third kappa shape index (κ3) is 2.39. The molecular formula is C10H12ClNO2. The van der Waals surface area contributed by atoms with Gasteiger partial charge in [-0.3, -0.25) is 0 Å². The van der Waals surface area contributed by atoms with E-state index in [9.17, 15) is 4.79 Å². The molecule has 0 aliphatic carbocycles. The van der Waals surface area contributed by atoms with Crippen molar-refractivity contribution in [1.82, 2.24) is 0 Å². The highest BCUT2D eigenvalue weighted by Crippen LogP contribution is 2.30. The molecule has 0 aromatic heterocycles. The van der Waals surface area contributed by atoms with Gasteiger partial charge in [-0.2, -0.15) is 0 Å². The van der Waals surface area contributed by atoms with Crippen LogP contribution in [0.3, 0.4) is 0 Å². The van der Waals surface area contributed by atoms with Crippen LogP contribution < -0.4 is 5.73 Å². The van der Waals surface area contributed by atoms with Crippen LogP contribution in [0, 0.1) is 0 Å². The van der Waals surface area contributed by atoms with Crippen LogP contribution in [-0.4, -0.2) is 6.09 Å². The lowest BCUT2D eigenvalue weighted by Gasteiger charge is -2.25. The molecule has 0 heterocycles. The zero-order valence-electron chi connectivity index (χ0n) is 8.08. The van der Waals surface area contributed by atoms with Crippen LogP contribution in [0.4, 0.5) is 4.79 Å². The number of carbonyl (C=O) groups is 1. The van der Waals surface area contributed by atoms with Crippen molar-refractivity contribution < 1.29 is 9.53 Å². The quantitative estimate of drug-likeness (QED) is 0.821. The van der Waals surface area contributed by atoms with E-state index in [0.717, 1.165) is 5.56 Å². The third-order valence-electron chi connectivity index (χ3n) is 1.88. The number of ether oxygens (including phenoxy) is 1. The summed E-state index contributed by atoms with van der Waals surface area (Å²) in [5, 5.41) is 0.554. The number of halogens is 1. The molecule has 1 amide bonds. The van der Waals surface area contributed by atoms with Crippen LogP contribution in [-0.2, 0) is 10.3 Å². The second-order valence-electron chi connectivity index (χ2n) is 3.41. The fraction of sp³-hybridized carbons (Fsp3) is 0.300. The molecule has 0 atom stereocenters. The van der Waals surface area contributed by atoms with Gasteiger partial charge in [-0.15, -0.1) is 0 Å². The Labute approximate surface area is 87.8 Å². The summed E-state index contributed by atoms with van der Waals surface area (Å²) in [5.74, 6) is 0. The number of hydrogen-bond donors (Lipinski definition) is 1. The van der Waals surface area contributed by atoms with E-state index in [0.29, 0.717) is 5.02 Å². The van der Waals surface area contributed by atoms with Crippen LogP contribution >= 0.6 is 11.6 Å². The molecule has 1 aromatic carbocycles. The smallest absolute Gasteiger partial charge is 0.405 e. The highest BCUT2D eigenvalue weighted by molar-refractivity contribution is 6.31. The molecular weight excluding hydrogens is 202 g/mol. The summed E-state index contributed by atoms with van der Waals surface area (Å²) in [6, 6.07) is 7.17. The summed E-state index contributed by atoms with van der Waals surface area (Å²) >= 11 is 5.96. The maximum atomic E-state index is 10.7. The Balaban J connectivity index is 3.03. The normalized spacial score (nSPS) is 11.1. The second-order valence-corrected chi connectivity index (χ2v) is 3.82. The molecule has 0 aliphatic rings. The molecule has 4 heteroatoms. The fourth-order valence-corrected chi connectivity index (χ4v) is 1.62. The van der Waals surface area contributed by atoms with Gasteiger partial charge in [0.1, 0.15) is 5.60 Å². The van der Waals surface area contributed by atoms with E-state index < -0.39 is 11.7 Å². The van der Waals surface area contributed by atoms with Gasteiger partial charge in [0.25, 0.3) is 0 Å². The molecule has 0 saturated heterocycles. The van der Waals surface area contributed by atoms with Crippen LogP contribution in [0.5, 0.6) is 0 Å². The summed E-state index contributed by atoms with van der Waals surface area (Å²) in [6.45, 7) is 3.47. The van der Waals surface area contributed by atoms with Gasteiger partial charge in [0.15, 0.2) is 0 Å². The van der Waals surface area contributed by atoms with Crippen LogP contribution in [0.25, 0.3) is 0 Å². The Kier molecular flexibility index (Phi) is 3.01. The average molecular weight is 214 g/mol. The van der Waals surface area contributed by atoms with E-state index >= 15 is 0 Å². The van der Waals surface area contributed by atoms with Crippen molar-refractivity contribution in [2.45, 2.75) is 19.4 Å². The van der Waals surface area contributed by atoms with Crippen molar-refractivity contribution in [3.05, 3.63) is 34.9 Å². The first kappa shape index (κ1) is 10.9. The first-order chi connectivity index (χ1) is 6.43. The van der Waals surface area contributed by atoms with Crippen molar-refractivity contribution in [2.75, 3.05) is 0 Å². The summed E-state index contributed by atoms with van der Waals surface area (Å²) in [6.07, 6.45) is -0.810. The van der Waals surface area contributed by atoms with Gasteiger partial charge in [-0.1, -0.05) is 29.8 Å². The molecule has 2 N–H and O–H groups in total. The van der Waals surface area contributed by atoms with Gasteiger partial charge in [0, 0.05) is 10.6 Å². The van der Waals surface area contributed by atoms with Crippen LogP contribution in [0.15, 0.2) is 24.3 Å². The zero-order chi connectivity index (χ0) is 10.8. The highest BCUT2D eigenvalue weighted by Gasteiger charge is 2.26. The Morgan fingerprint density at radius 1 is 1.43 bits per heavy atom. The number of benzene rings is 1. The molecule has 0 saturated carbocycles. The summed E-state index contributed by atoms with van der Waals surface area (Å²) < 4.78 is 4.96.